The average molecular weight is 266 g/mol. The Bertz CT molecular complexity index is 357. The second kappa shape index (κ2) is 7.40. The smallest absolute Gasteiger partial charge is 0.233 e. The highest BCUT2D eigenvalue weighted by Gasteiger charge is 2.09. The Hall–Kier alpha value is -1.20. The van der Waals surface area contributed by atoms with Crippen LogP contribution < -0.4 is 10.1 Å². The van der Waals surface area contributed by atoms with Crippen LogP contribution in [0.3, 0.4) is 0 Å². The van der Waals surface area contributed by atoms with E-state index >= 15 is 0 Å². The molecule has 19 heavy (non-hydrogen) atoms. The molecule has 0 radical (unpaired) electrons. The third-order valence-corrected chi connectivity index (χ3v) is 2.49. The van der Waals surface area contributed by atoms with Crippen molar-refractivity contribution in [2.24, 2.45) is 0 Å². The second-order valence-corrected chi connectivity index (χ2v) is 5.97. The molecule has 0 aromatic carbocycles. The average Bonchev–Trinajstić information content (AvgIpc) is 2.32. The van der Waals surface area contributed by atoms with Crippen LogP contribution in [0.25, 0.3) is 0 Å². The van der Waals surface area contributed by atoms with Gasteiger partial charge in [0.1, 0.15) is 0 Å². The van der Waals surface area contributed by atoms with Crippen LogP contribution in [-0.2, 0) is 6.54 Å². The Labute approximate surface area is 116 Å². The van der Waals surface area contributed by atoms with E-state index < -0.39 is 0 Å². The predicted octanol–water partition coefficient (Wildman–Crippen LogP) is 1.70. The number of nitrogens with zero attached hydrogens (tertiary/aromatic N) is 3. The maximum atomic E-state index is 5.54. The molecule has 1 aromatic rings. The molecule has 108 valence electrons. The molecule has 0 atom stereocenters. The van der Waals surface area contributed by atoms with Gasteiger partial charge >= 0.3 is 0 Å². The second-order valence-electron chi connectivity index (χ2n) is 5.97. The fourth-order valence-corrected chi connectivity index (χ4v) is 1.43. The Balaban J connectivity index is 2.31. The van der Waals surface area contributed by atoms with Crippen molar-refractivity contribution in [1.29, 1.82) is 0 Å². The Morgan fingerprint density at radius 1 is 1.21 bits per heavy atom. The summed E-state index contributed by atoms with van der Waals surface area (Å²) in [5.41, 5.74) is 1.01. The molecule has 0 fully saturated rings. The van der Waals surface area contributed by atoms with Gasteiger partial charge in [-0.25, -0.2) is 0 Å². The first-order valence-corrected chi connectivity index (χ1v) is 6.72. The minimum atomic E-state index is 0.0863. The maximum absolute atomic E-state index is 5.54. The van der Waals surface area contributed by atoms with Gasteiger partial charge in [-0.15, -0.1) is 5.10 Å². The molecule has 1 rings (SSSR count). The van der Waals surface area contributed by atoms with Crippen LogP contribution in [0.1, 0.15) is 32.9 Å². The SMILES string of the molecule is CN(C)CCCOc1ccc(CNC(C)(C)C)nn1. The fourth-order valence-electron chi connectivity index (χ4n) is 1.43. The third-order valence-electron chi connectivity index (χ3n) is 2.49. The third kappa shape index (κ3) is 7.74. The minimum Gasteiger partial charge on any atom is -0.477 e. The highest BCUT2D eigenvalue weighted by Crippen LogP contribution is 2.07. The zero-order chi connectivity index (χ0) is 14.3. The number of nitrogens with one attached hydrogen (secondary N) is 1. The van der Waals surface area contributed by atoms with E-state index in [1.54, 1.807) is 0 Å². The van der Waals surface area contributed by atoms with E-state index in [0.717, 1.165) is 25.2 Å². The first-order chi connectivity index (χ1) is 8.87. The van der Waals surface area contributed by atoms with Crippen molar-refractivity contribution in [2.45, 2.75) is 39.3 Å². The first kappa shape index (κ1) is 15.9. The summed E-state index contributed by atoms with van der Waals surface area (Å²) in [6, 6.07) is 3.83. The highest BCUT2D eigenvalue weighted by atomic mass is 16.5. The van der Waals surface area contributed by atoms with Crippen molar-refractivity contribution in [1.82, 2.24) is 20.4 Å². The lowest BCUT2D eigenvalue weighted by Crippen LogP contribution is -2.35. The molecule has 1 N–H and O–H groups in total. The van der Waals surface area contributed by atoms with E-state index in [9.17, 15) is 0 Å². The van der Waals surface area contributed by atoms with E-state index in [2.05, 4.69) is 55.3 Å². The summed E-state index contributed by atoms with van der Waals surface area (Å²) in [6.45, 7) is 8.79. The molecule has 0 spiro atoms. The zero-order valence-electron chi connectivity index (χ0n) is 12.7. The van der Waals surface area contributed by atoms with Crippen LogP contribution in [0, 0.1) is 0 Å². The van der Waals surface area contributed by atoms with Crippen LogP contribution in [-0.4, -0.2) is 47.9 Å². The van der Waals surface area contributed by atoms with Crippen molar-refractivity contribution < 1.29 is 4.74 Å². The molecule has 1 aromatic heterocycles. The molecule has 0 aliphatic rings. The van der Waals surface area contributed by atoms with E-state index in [1.165, 1.54) is 0 Å². The van der Waals surface area contributed by atoms with Crippen LogP contribution in [0.2, 0.25) is 0 Å². The van der Waals surface area contributed by atoms with Gasteiger partial charge in [-0.1, -0.05) is 0 Å². The normalized spacial score (nSPS) is 11.9. The topological polar surface area (TPSA) is 50.3 Å². The van der Waals surface area contributed by atoms with Crippen LogP contribution in [0.5, 0.6) is 5.88 Å². The summed E-state index contributed by atoms with van der Waals surface area (Å²) in [5, 5.41) is 11.6. The van der Waals surface area contributed by atoms with E-state index in [-0.39, 0.29) is 5.54 Å². The molecule has 1 heterocycles. The lowest BCUT2D eigenvalue weighted by molar-refractivity contribution is 0.270. The summed E-state index contributed by atoms with van der Waals surface area (Å²) in [4.78, 5) is 2.14. The largest absolute Gasteiger partial charge is 0.477 e. The number of ether oxygens (including phenoxy) is 1. The van der Waals surface area contributed by atoms with Gasteiger partial charge in [0, 0.05) is 24.7 Å². The number of aromatic nitrogens is 2. The van der Waals surface area contributed by atoms with Crippen LogP contribution >= 0.6 is 0 Å². The van der Waals surface area contributed by atoms with E-state index in [0.29, 0.717) is 12.5 Å². The molecular formula is C14H26N4O. The fraction of sp³-hybridized carbons (Fsp3) is 0.714. The van der Waals surface area contributed by atoms with Crippen molar-refractivity contribution in [2.75, 3.05) is 27.2 Å². The van der Waals surface area contributed by atoms with Crippen LogP contribution in [0.15, 0.2) is 12.1 Å². The van der Waals surface area contributed by atoms with Gasteiger partial charge in [0.2, 0.25) is 5.88 Å². The minimum absolute atomic E-state index is 0.0863. The molecule has 0 aliphatic heterocycles. The highest BCUT2D eigenvalue weighted by molar-refractivity contribution is 5.11. The molecule has 0 amide bonds. The summed E-state index contributed by atoms with van der Waals surface area (Å²) in [7, 11) is 4.10. The predicted molar refractivity (Wildman–Crippen MR) is 77.3 cm³/mol. The van der Waals surface area contributed by atoms with Gasteiger partial charge in [-0.2, -0.15) is 5.10 Å². The maximum Gasteiger partial charge on any atom is 0.233 e. The number of rotatable bonds is 7. The molecular weight excluding hydrogens is 240 g/mol. The molecule has 0 aliphatic carbocycles. The van der Waals surface area contributed by atoms with Crippen molar-refractivity contribution in [3.05, 3.63) is 17.8 Å². The molecule has 0 saturated carbocycles. The number of hydrogen-bond acceptors (Lipinski definition) is 5. The standard InChI is InChI=1S/C14H26N4O/c1-14(2,3)15-11-12-7-8-13(17-16-12)19-10-6-9-18(4)5/h7-8,15H,6,9-11H2,1-5H3. The summed E-state index contributed by atoms with van der Waals surface area (Å²) >= 11 is 0. The molecule has 5 heteroatoms. The molecule has 0 bridgehead atoms. The monoisotopic (exact) mass is 266 g/mol. The van der Waals surface area contributed by atoms with Gasteiger partial charge in [-0.3, -0.25) is 0 Å². The van der Waals surface area contributed by atoms with Gasteiger partial charge in [0.15, 0.2) is 0 Å². The van der Waals surface area contributed by atoms with Crippen molar-refractivity contribution in [3.8, 4) is 5.88 Å². The van der Waals surface area contributed by atoms with E-state index in [4.69, 9.17) is 4.74 Å². The summed E-state index contributed by atoms with van der Waals surface area (Å²) in [5.74, 6) is 0.596. The number of hydrogen-bond donors (Lipinski definition) is 1. The van der Waals surface area contributed by atoms with Crippen molar-refractivity contribution >= 4 is 0 Å². The Kier molecular flexibility index (Phi) is 6.18. The van der Waals surface area contributed by atoms with Gasteiger partial charge in [-0.05, 0) is 47.4 Å². The zero-order valence-corrected chi connectivity index (χ0v) is 12.7. The van der Waals surface area contributed by atoms with Crippen LogP contribution in [0.4, 0.5) is 0 Å². The Morgan fingerprint density at radius 2 is 1.95 bits per heavy atom. The quantitative estimate of drug-likeness (QED) is 0.761. The molecule has 5 nitrogen and oxygen atoms in total. The molecule has 0 unspecified atom stereocenters. The molecule has 0 saturated heterocycles. The lowest BCUT2D eigenvalue weighted by atomic mass is 10.1. The summed E-state index contributed by atoms with van der Waals surface area (Å²) in [6.07, 6.45) is 0.988. The van der Waals surface area contributed by atoms with E-state index in [1.807, 2.05) is 12.1 Å². The lowest BCUT2D eigenvalue weighted by Gasteiger charge is -2.19. The van der Waals surface area contributed by atoms with Gasteiger partial charge in [0.05, 0.1) is 12.3 Å². The first-order valence-electron chi connectivity index (χ1n) is 6.72. The van der Waals surface area contributed by atoms with Gasteiger partial charge < -0.3 is 15.0 Å². The summed E-state index contributed by atoms with van der Waals surface area (Å²) < 4.78 is 5.54. The van der Waals surface area contributed by atoms with Crippen molar-refractivity contribution in [3.63, 3.8) is 0 Å². The Morgan fingerprint density at radius 3 is 2.47 bits per heavy atom. The van der Waals surface area contributed by atoms with Gasteiger partial charge in [0.25, 0.3) is 0 Å².